The third kappa shape index (κ3) is 2.80. The van der Waals surface area contributed by atoms with Gasteiger partial charge in [0.1, 0.15) is 0 Å². The molecule has 7 nitrogen and oxygen atoms in total. The second-order valence-electron chi connectivity index (χ2n) is 6.50. The van der Waals surface area contributed by atoms with Crippen LogP contribution in [0.15, 0.2) is 17.6 Å². The predicted molar refractivity (Wildman–Crippen MR) is 81.9 cm³/mol. The predicted octanol–water partition coefficient (Wildman–Crippen LogP) is 0.150. The number of ether oxygens (including phenoxy) is 1. The number of imidazole rings is 1. The zero-order valence-electron chi connectivity index (χ0n) is 13.3. The van der Waals surface area contributed by atoms with Gasteiger partial charge in [-0.1, -0.05) is 0 Å². The van der Waals surface area contributed by atoms with Crippen LogP contribution in [0.25, 0.3) is 0 Å². The molecule has 1 aliphatic heterocycles. The summed E-state index contributed by atoms with van der Waals surface area (Å²) in [7, 11) is 2.27. The monoisotopic (exact) mass is 328 g/mol. The lowest BCUT2D eigenvalue weighted by molar-refractivity contribution is 0.0261. The molecule has 3 atom stereocenters. The van der Waals surface area contributed by atoms with Crippen LogP contribution in [0.1, 0.15) is 12.8 Å². The van der Waals surface area contributed by atoms with Crippen molar-refractivity contribution in [2.75, 3.05) is 33.8 Å². The Morgan fingerprint density at radius 3 is 2.82 bits per heavy atom. The standard InChI is InChI=1S/C14H24N4O3S/c1-16(2)6-7-21-14-11-4-5-12(14)18(8-11)22(19,20)13-9-17(3)10-15-13/h9-12,14H,4-8H2,1-3H3/t11-,12+,14+/m0/s1. The Morgan fingerprint density at radius 2 is 2.18 bits per heavy atom. The van der Waals surface area contributed by atoms with Gasteiger partial charge in [-0.3, -0.25) is 0 Å². The molecule has 124 valence electrons. The molecular weight excluding hydrogens is 304 g/mol. The molecule has 2 bridgehead atoms. The molecule has 1 aromatic rings. The van der Waals surface area contributed by atoms with Crippen molar-refractivity contribution in [3.63, 3.8) is 0 Å². The molecule has 0 spiro atoms. The van der Waals surface area contributed by atoms with Crippen molar-refractivity contribution in [1.29, 1.82) is 0 Å². The van der Waals surface area contributed by atoms with Crippen LogP contribution in [0.4, 0.5) is 0 Å². The molecular formula is C14H24N4O3S. The van der Waals surface area contributed by atoms with Crippen LogP contribution in [-0.2, 0) is 21.8 Å². The molecule has 1 aromatic heterocycles. The van der Waals surface area contributed by atoms with E-state index in [-0.39, 0.29) is 17.2 Å². The molecule has 0 amide bonds. The topological polar surface area (TPSA) is 67.7 Å². The van der Waals surface area contributed by atoms with E-state index in [0.29, 0.717) is 19.1 Å². The van der Waals surface area contributed by atoms with E-state index in [1.54, 1.807) is 22.1 Å². The van der Waals surface area contributed by atoms with Crippen LogP contribution in [0.5, 0.6) is 0 Å². The number of hydrogen-bond acceptors (Lipinski definition) is 5. The van der Waals surface area contributed by atoms with Crippen molar-refractivity contribution < 1.29 is 13.2 Å². The Labute approximate surface area is 131 Å². The van der Waals surface area contributed by atoms with Gasteiger partial charge in [-0.05, 0) is 26.9 Å². The highest BCUT2D eigenvalue weighted by atomic mass is 32.2. The summed E-state index contributed by atoms with van der Waals surface area (Å²) in [5.74, 6) is 0.311. The van der Waals surface area contributed by atoms with E-state index < -0.39 is 10.0 Å². The molecule has 0 radical (unpaired) electrons. The highest BCUT2D eigenvalue weighted by molar-refractivity contribution is 7.89. The van der Waals surface area contributed by atoms with Gasteiger partial charge in [-0.2, -0.15) is 4.31 Å². The number of sulfonamides is 1. The summed E-state index contributed by atoms with van der Waals surface area (Å²) < 4.78 is 34.8. The lowest BCUT2D eigenvalue weighted by Crippen LogP contribution is -2.40. The van der Waals surface area contributed by atoms with Gasteiger partial charge in [0, 0.05) is 32.3 Å². The Bertz CT molecular complexity index is 628. The lowest BCUT2D eigenvalue weighted by atomic mass is 10.1. The second kappa shape index (κ2) is 5.92. The third-order valence-electron chi connectivity index (χ3n) is 4.56. The Kier molecular flexibility index (Phi) is 4.28. The Morgan fingerprint density at radius 1 is 1.41 bits per heavy atom. The quantitative estimate of drug-likeness (QED) is 0.744. The number of piperidine rings is 1. The van der Waals surface area contributed by atoms with Crippen LogP contribution < -0.4 is 0 Å². The first kappa shape index (κ1) is 15.9. The molecule has 2 heterocycles. The van der Waals surface area contributed by atoms with E-state index in [1.165, 1.54) is 6.33 Å². The molecule has 0 aromatic carbocycles. The fourth-order valence-electron chi connectivity index (χ4n) is 3.43. The molecule has 0 N–H and O–H groups in total. The largest absolute Gasteiger partial charge is 0.375 e. The van der Waals surface area contributed by atoms with Crippen molar-refractivity contribution in [1.82, 2.24) is 18.8 Å². The van der Waals surface area contributed by atoms with Gasteiger partial charge in [0.15, 0.2) is 5.03 Å². The van der Waals surface area contributed by atoms with Crippen molar-refractivity contribution >= 4 is 10.0 Å². The van der Waals surface area contributed by atoms with E-state index in [1.807, 2.05) is 14.1 Å². The van der Waals surface area contributed by atoms with Crippen LogP contribution in [0.3, 0.4) is 0 Å². The zero-order chi connectivity index (χ0) is 15.9. The average Bonchev–Trinajstić information content (AvgIpc) is 3.13. The van der Waals surface area contributed by atoms with Gasteiger partial charge in [0.2, 0.25) is 0 Å². The summed E-state index contributed by atoms with van der Waals surface area (Å²) in [4.78, 5) is 6.08. The molecule has 1 saturated carbocycles. The third-order valence-corrected chi connectivity index (χ3v) is 6.34. The molecule has 3 rings (SSSR count). The second-order valence-corrected chi connectivity index (χ2v) is 8.33. The van der Waals surface area contributed by atoms with Crippen molar-refractivity contribution in [3.05, 3.63) is 12.5 Å². The maximum atomic E-state index is 12.8. The first-order chi connectivity index (χ1) is 10.4. The van der Waals surface area contributed by atoms with E-state index in [2.05, 4.69) is 9.88 Å². The summed E-state index contributed by atoms with van der Waals surface area (Å²) in [5.41, 5.74) is 0. The number of likely N-dealkylation sites (N-methyl/N-ethyl adjacent to an activating group) is 1. The number of rotatable bonds is 6. The maximum absolute atomic E-state index is 12.8. The minimum absolute atomic E-state index is 0.0263. The number of nitrogens with zero attached hydrogens (tertiary/aromatic N) is 4. The van der Waals surface area contributed by atoms with Crippen molar-refractivity contribution in [3.8, 4) is 0 Å². The van der Waals surface area contributed by atoms with Crippen molar-refractivity contribution in [2.45, 2.75) is 30.0 Å². The Balaban J connectivity index is 1.72. The van der Waals surface area contributed by atoms with Gasteiger partial charge >= 0.3 is 0 Å². The summed E-state index contributed by atoms with van der Waals surface area (Å²) in [5, 5.41) is 0.134. The van der Waals surface area contributed by atoms with E-state index in [0.717, 1.165) is 19.4 Å². The smallest absolute Gasteiger partial charge is 0.262 e. The van der Waals surface area contributed by atoms with Gasteiger partial charge in [-0.25, -0.2) is 13.4 Å². The highest BCUT2D eigenvalue weighted by Gasteiger charge is 2.52. The molecule has 8 heteroatoms. The van der Waals surface area contributed by atoms with Crippen LogP contribution >= 0.6 is 0 Å². The molecule has 1 saturated heterocycles. The number of fused-ring (bicyclic) bond motifs is 2. The Hall–Kier alpha value is -0.960. The van der Waals surface area contributed by atoms with Gasteiger partial charge in [-0.15, -0.1) is 0 Å². The van der Waals surface area contributed by atoms with Gasteiger partial charge in [0.05, 0.1) is 25.1 Å². The minimum Gasteiger partial charge on any atom is -0.375 e. The lowest BCUT2D eigenvalue weighted by Gasteiger charge is -2.25. The first-order valence-electron chi connectivity index (χ1n) is 7.65. The van der Waals surface area contributed by atoms with Crippen LogP contribution in [0, 0.1) is 5.92 Å². The first-order valence-corrected chi connectivity index (χ1v) is 9.10. The maximum Gasteiger partial charge on any atom is 0.262 e. The average molecular weight is 328 g/mol. The summed E-state index contributed by atoms with van der Waals surface area (Å²) in [6.45, 7) is 2.04. The zero-order valence-corrected chi connectivity index (χ0v) is 14.2. The van der Waals surface area contributed by atoms with Crippen LogP contribution in [0.2, 0.25) is 0 Å². The normalized spacial score (nSPS) is 28.8. The molecule has 0 unspecified atom stereocenters. The summed E-state index contributed by atoms with van der Waals surface area (Å²) >= 11 is 0. The number of aryl methyl sites for hydroxylation is 1. The van der Waals surface area contributed by atoms with Crippen molar-refractivity contribution in [2.24, 2.45) is 13.0 Å². The molecule has 22 heavy (non-hydrogen) atoms. The summed E-state index contributed by atoms with van der Waals surface area (Å²) in [6, 6.07) is -0.0424. The fourth-order valence-corrected chi connectivity index (χ4v) is 5.12. The van der Waals surface area contributed by atoms with E-state index in [9.17, 15) is 8.42 Å². The minimum atomic E-state index is -3.51. The SMILES string of the molecule is CN(C)CCO[C@@H]1[C@H]2CC[C@H]1N(S(=O)(=O)c1cn(C)cn1)C2. The molecule has 1 aliphatic carbocycles. The number of aromatic nitrogens is 2. The van der Waals surface area contributed by atoms with E-state index >= 15 is 0 Å². The number of hydrogen-bond donors (Lipinski definition) is 0. The van der Waals surface area contributed by atoms with Crippen LogP contribution in [-0.4, -0.2) is 73.1 Å². The van der Waals surface area contributed by atoms with Gasteiger partial charge in [0.25, 0.3) is 10.0 Å². The highest BCUT2D eigenvalue weighted by Crippen LogP contribution is 2.42. The molecule has 2 aliphatic rings. The van der Waals surface area contributed by atoms with Gasteiger partial charge < -0.3 is 14.2 Å². The summed E-state index contributed by atoms with van der Waals surface area (Å²) in [6.07, 6.45) is 5.03. The fraction of sp³-hybridized carbons (Fsp3) is 0.786. The molecule has 2 fully saturated rings. The van der Waals surface area contributed by atoms with E-state index in [4.69, 9.17) is 4.74 Å².